The summed E-state index contributed by atoms with van der Waals surface area (Å²) >= 11 is 0. The minimum Gasteiger partial charge on any atom is -0.359 e. The fourth-order valence-electron chi connectivity index (χ4n) is 2.92. The summed E-state index contributed by atoms with van der Waals surface area (Å²) in [5.74, 6) is 0.576. The molecular formula is C15H19FN2. The molecule has 0 unspecified atom stereocenters. The van der Waals surface area contributed by atoms with Gasteiger partial charge in [0, 0.05) is 11.6 Å². The van der Waals surface area contributed by atoms with Crippen molar-refractivity contribution in [2.45, 2.75) is 26.2 Å². The van der Waals surface area contributed by atoms with Crippen LogP contribution in [0.25, 0.3) is 10.9 Å². The zero-order valence-electron chi connectivity index (χ0n) is 10.7. The zero-order valence-corrected chi connectivity index (χ0v) is 10.7. The lowest BCUT2D eigenvalue weighted by Gasteiger charge is -2.22. The van der Waals surface area contributed by atoms with Gasteiger partial charge in [0.05, 0.1) is 5.52 Å². The van der Waals surface area contributed by atoms with E-state index in [2.05, 4.69) is 16.4 Å². The summed E-state index contributed by atoms with van der Waals surface area (Å²) in [5.41, 5.74) is 2.90. The van der Waals surface area contributed by atoms with Gasteiger partial charge in [-0.15, -0.1) is 0 Å². The number of halogens is 1. The van der Waals surface area contributed by atoms with E-state index in [-0.39, 0.29) is 5.82 Å². The van der Waals surface area contributed by atoms with E-state index in [1.54, 1.807) is 6.07 Å². The van der Waals surface area contributed by atoms with Crippen molar-refractivity contribution >= 4 is 10.9 Å². The molecular weight excluding hydrogens is 227 g/mol. The highest BCUT2D eigenvalue weighted by Gasteiger charge is 2.15. The van der Waals surface area contributed by atoms with Crippen molar-refractivity contribution in [3.63, 3.8) is 0 Å². The molecule has 96 valence electrons. The van der Waals surface area contributed by atoms with Gasteiger partial charge in [-0.1, -0.05) is 0 Å². The molecule has 1 aromatic carbocycles. The summed E-state index contributed by atoms with van der Waals surface area (Å²) in [7, 11) is 0. The number of H-pyrrole nitrogens is 1. The second-order valence-corrected chi connectivity index (χ2v) is 5.37. The molecule has 2 N–H and O–H groups in total. The molecule has 2 aromatic rings. The summed E-state index contributed by atoms with van der Waals surface area (Å²) < 4.78 is 14.0. The van der Waals surface area contributed by atoms with E-state index >= 15 is 0 Å². The molecule has 0 radical (unpaired) electrons. The highest BCUT2D eigenvalue weighted by molar-refractivity contribution is 5.84. The van der Waals surface area contributed by atoms with E-state index in [1.807, 2.05) is 13.1 Å². The number of rotatable bonds is 2. The van der Waals surface area contributed by atoms with Gasteiger partial charge < -0.3 is 10.3 Å². The monoisotopic (exact) mass is 246 g/mol. The van der Waals surface area contributed by atoms with Gasteiger partial charge in [-0.05, 0) is 68.5 Å². The second kappa shape index (κ2) is 4.73. The maximum Gasteiger partial charge on any atom is 0.147 e. The topological polar surface area (TPSA) is 27.8 Å². The highest BCUT2D eigenvalue weighted by Crippen LogP contribution is 2.25. The number of hydrogen-bond donors (Lipinski definition) is 2. The number of aromatic nitrogens is 1. The molecule has 2 heterocycles. The molecule has 18 heavy (non-hydrogen) atoms. The predicted octanol–water partition coefficient (Wildman–Crippen LogP) is 3.16. The lowest BCUT2D eigenvalue weighted by Crippen LogP contribution is -2.28. The van der Waals surface area contributed by atoms with E-state index in [1.165, 1.54) is 12.8 Å². The number of benzene rings is 1. The Morgan fingerprint density at radius 1 is 1.28 bits per heavy atom. The third kappa shape index (κ3) is 2.15. The van der Waals surface area contributed by atoms with Gasteiger partial charge in [0.1, 0.15) is 5.82 Å². The Labute approximate surface area is 107 Å². The van der Waals surface area contributed by atoms with Crippen molar-refractivity contribution in [1.82, 2.24) is 10.3 Å². The van der Waals surface area contributed by atoms with Crippen LogP contribution in [0.1, 0.15) is 24.0 Å². The average molecular weight is 246 g/mol. The molecule has 0 bridgehead atoms. The number of nitrogens with one attached hydrogen (secondary N) is 2. The molecule has 0 spiro atoms. The first kappa shape index (κ1) is 11.7. The number of fused-ring (bicyclic) bond motifs is 1. The maximum atomic E-state index is 14.0. The SMILES string of the molecule is Cc1c[nH]c2c(F)cc(CC3CCNCC3)cc12. The van der Waals surface area contributed by atoms with Crippen LogP contribution in [-0.2, 0) is 6.42 Å². The van der Waals surface area contributed by atoms with Crippen molar-refractivity contribution in [1.29, 1.82) is 0 Å². The molecule has 1 aliphatic heterocycles. The van der Waals surface area contributed by atoms with Crippen LogP contribution in [0.3, 0.4) is 0 Å². The van der Waals surface area contributed by atoms with Gasteiger partial charge in [0.15, 0.2) is 0 Å². The fraction of sp³-hybridized carbons (Fsp3) is 0.467. The first-order valence-electron chi connectivity index (χ1n) is 6.71. The number of aryl methyl sites for hydroxylation is 1. The first-order valence-corrected chi connectivity index (χ1v) is 6.71. The molecule has 0 amide bonds. The van der Waals surface area contributed by atoms with Crippen molar-refractivity contribution in [3.8, 4) is 0 Å². The quantitative estimate of drug-likeness (QED) is 0.837. The lowest BCUT2D eigenvalue weighted by atomic mass is 9.90. The molecule has 0 atom stereocenters. The number of hydrogen-bond acceptors (Lipinski definition) is 1. The third-order valence-electron chi connectivity index (χ3n) is 3.99. The van der Waals surface area contributed by atoms with Gasteiger partial charge in [-0.25, -0.2) is 4.39 Å². The van der Waals surface area contributed by atoms with Crippen LogP contribution >= 0.6 is 0 Å². The fourth-order valence-corrected chi connectivity index (χ4v) is 2.92. The van der Waals surface area contributed by atoms with Gasteiger partial charge in [-0.3, -0.25) is 0 Å². The van der Waals surface area contributed by atoms with Gasteiger partial charge in [0.25, 0.3) is 0 Å². The molecule has 1 aromatic heterocycles. The van der Waals surface area contributed by atoms with E-state index in [0.29, 0.717) is 11.4 Å². The van der Waals surface area contributed by atoms with Gasteiger partial charge >= 0.3 is 0 Å². The van der Waals surface area contributed by atoms with E-state index < -0.39 is 0 Å². The van der Waals surface area contributed by atoms with E-state index in [0.717, 1.165) is 36.0 Å². The lowest BCUT2D eigenvalue weighted by molar-refractivity contribution is 0.372. The molecule has 3 rings (SSSR count). The van der Waals surface area contributed by atoms with Gasteiger partial charge in [-0.2, -0.15) is 0 Å². The van der Waals surface area contributed by atoms with Crippen LogP contribution in [0.2, 0.25) is 0 Å². The van der Waals surface area contributed by atoms with E-state index in [4.69, 9.17) is 0 Å². The summed E-state index contributed by atoms with van der Waals surface area (Å²) in [6.45, 7) is 4.21. The number of piperidine rings is 1. The highest BCUT2D eigenvalue weighted by atomic mass is 19.1. The van der Waals surface area contributed by atoms with Crippen LogP contribution in [0.5, 0.6) is 0 Å². The average Bonchev–Trinajstić information content (AvgIpc) is 2.73. The van der Waals surface area contributed by atoms with Crippen molar-refractivity contribution in [2.24, 2.45) is 5.92 Å². The standard InChI is InChI=1S/C15H19FN2/c1-10-9-18-15-13(10)7-12(8-14(15)16)6-11-2-4-17-5-3-11/h7-9,11,17-18H,2-6H2,1H3. The van der Waals surface area contributed by atoms with Crippen molar-refractivity contribution in [2.75, 3.05) is 13.1 Å². The van der Waals surface area contributed by atoms with Crippen LogP contribution in [-0.4, -0.2) is 18.1 Å². The van der Waals surface area contributed by atoms with E-state index in [9.17, 15) is 4.39 Å². The Bertz CT molecular complexity index is 553. The zero-order chi connectivity index (χ0) is 12.5. The molecule has 0 saturated carbocycles. The Morgan fingerprint density at radius 3 is 2.83 bits per heavy atom. The molecule has 3 heteroatoms. The van der Waals surface area contributed by atoms with Crippen LogP contribution in [0.15, 0.2) is 18.3 Å². The van der Waals surface area contributed by atoms with Gasteiger partial charge in [0.2, 0.25) is 0 Å². The van der Waals surface area contributed by atoms with Crippen molar-refractivity contribution in [3.05, 3.63) is 35.3 Å². The number of aromatic amines is 1. The summed E-state index contributed by atoms with van der Waals surface area (Å²) in [4.78, 5) is 3.00. The van der Waals surface area contributed by atoms with Crippen molar-refractivity contribution < 1.29 is 4.39 Å². The normalized spacial score (nSPS) is 17.4. The Kier molecular flexibility index (Phi) is 3.08. The molecule has 1 fully saturated rings. The maximum absolute atomic E-state index is 14.0. The largest absolute Gasteiger partial charge is 0.359 e. The van der Waals surface area contributed by atoms with Crippen LogP contribution in [0.4, 0.5) is 4.39 Å². The summed E-state index contributed by atoms with van der Waals surface area (Å²) in [5, 5.41) is 4.39. The minimum absolute atomic E-state index is 0.121. The predicted molar refractivity (Wildman–Crippen MR) is 72.3 cm³/mol. The minimum atomic E-state index is -0.121. The third-order valence-corrected chi connectivity index (χ3v) is 3.99. The molecule has 1 aliphatic rings. The summed E-state index contributed by atoms with van der Waals surface area (Å²) in [6, 6.07) is 3.84. The molecule has 0 aliphatic carbocycles. The molecule has 2 nitrogen and oxygen atoms in total. The van der Waals surface area contributed by atoms with Crippen LogP contribution in [0, 0.1) is 18.7 Å². The summed E-state index contributed by atoms with van der Waals surface area (Å²) in [6.07, 6.45) is 5.28. The van der Waals surface area contributed by atoms with Crippen LogP contribution < -0.4 is 5.32 Å². The molecule has 1 saturated heterocycles. The smallest absolute Gasteiger partial charge is 0.147 e. The Balaban J connectivity index is 1.89. The Morgan fingerprint density at radius 2 is 2.06 bits per heavy atom. The second-order valence-electron chi connectivity index (χ2n) is 5.37. The first-order chi connectivity index (χ1) is 8.74. The Hall–Kier alpha value is -1.35.